The molecule has 0 aliphatic heterocycles. The van der Waals surface area contributed by atoms with Crippen LogP contribution in [0.25, 0.3) is 0 Å². The van der Waals surface area contributed by atoms with E-state index < -0.39 is 0 Å². The van der Waals surface area contributed by atoms with Crippen LogP contribution in [0.15, 0.2) is 0 Å². The molecular weight excluding hydrogens is 240 g/mol. The second-order valence-corrected chi connectivity index (χ2v) is 4.56. The van der Waals surface area contributed by atoms with Gasteiger partial charge in [0.15, 0.2) is 0 Å². The Morgan fingerprint density at radius 1 is 1.41 bits per heavy atom. The van der Waals surface area contributed by atoms with Crippen molar-refractivity contribution in [3.8, 4) is 0 Å². The molecule has 1 aromatic rings. The first-order valence-corrected chi connectivity index (χ1v) is 6.42. The van der Waals surface area contributed by atoms with E-state index in [9.17, 15) is 4.79 Å². The zero-order valence-electron chi connectivity index (χ0n) is 10.2. The smallest absolute Gasteiger partial charge is 0.350 e. The fraction of sp³-hybridized carbons (Fsp3) is 0.636. The van der Waals surface area contributed by atoms with E-state index in [-0.39, 0.29) is 12.6 Å². The number of ether oxygens (including phenoxy) is 2. The minimum Gasteiger partial charge on any atom is -0.459 e. The van der Waals surface area contributed by atoms with E-state index in [4.69, 9.17) is 15.2 Å². The van der Waals surface area contributed by atoms with Crippen molar-refractivity contribution in [2.45, 2.75) is 26.8 Å². The van der Waals surface area contributed by atoms with Crippen molar-refractivity contribution in [1.29, 1.82) is 0 Å². The molecule has 0 amide bonds. The topological polar surface area (TPSA) is 74.4 Å². The van der Waals surface area contributed by atoms with Crippen molar-refractivity contribution < 1.29 is 14.3 Å². The van der Waals surface area contributed by atoms with Crippen LogP contribution in [0.2, 0.25) is 0 Å². The van der Waals surface area contributed by atoms with Gasteiger partial charge < -0.3 is 15.2 Å². The van der Waals surface area contributed by atoms with E-state index in [1.54, 1.807) is 6.92 Å². The SMILES string of the molecule is CCCOCCOC(=O)c1sc(CN)nc1C. The number of esters is 1. The number of aromatic nitrogens is 1. The van der Waals surface area contributed by atoms with Gasteiger partial charge in [-0.15, -0.1) is 11.3 Å². The summed E-state index contributed by atoms with van der Waals surface area (Å²) in [6, 6.07) is 0. The predicted molar refractivity (Wildman–Crippen MR) is 66.1 cm³/mol. The lowest BCUT2D eigenvalue weighted by atomic mass is 10.4. The van der Waals surface area contributed by atoms with Gasteiger partial charge in [-0.1, -0.05) is 6.92 Å². The van der Waals surface area contributed by atoms with Gasteiger partial charge in [0.2, 0.25) is 0 Å². The van der Waals surface area contributed by atoms with Gasteiger partial charge in [-0.25, -0.2) is 9.78 Å². The van der Waals surface area contributed by atoms with Gasteiger partial charge in [0.05, 0.1) is 12.3 Å². The number of hydrogen-bond donors (Lipinski definition) is 1. The molecule has 0 aliphatic rings. The lowest BCUT2D eigenvalue weighted by Crippen LogP contribution is -2.11. The Balaban J connectivity index is 2.38. The molecule has 0 saturated carbocycles. The summed E-state index contributed by atoms with van der Waals surface area (Å²) >= 11 is 1.28. The fourth-order valence-electron chi connectivity index (χ4n) is 1.23. The van der Waals surface area contributed by atoms with E-state index in [1.165, 1.54) is 11.3 Å². The summed E-state index contributed by atoms with van der Waals surface area (Å²) < 4.78 is 10.3. The van der Waals surface area contributed by atoms with Gasteiger partial charge in [-0.05, 0) is 13.3 Å². The van der Waals surface area contributed by atoms with E-state index in [2.05, 4.69) is 4.98 Å². The van der Waals surface area contributed by atoms with Crippen molar-refractivity contribution in [3.63, 3.8) is 0 Å². The maximum atomic E-state index is 11.7. The molecule has 2 N–H and O–H groups in total. The first-order chi connectivity index (χ1) is 8.19. The maximum Gasteiger partial charge on any atom is 0.350 e. The van der Waals surface area contributed by atoms with Gasteiger partial charge in [0, 0.05) is 13.2 Å². The molecule has 0 unspecified atom stereocenters. The molecule has 6 heteroatoms. The summed E-state index contributed by atoms with van der Waals surface area (Å²) in [6.07, 6.45) is 0.960. The van der Waals surface area contributed by atoms with Crippen LogP contribution >= 0.6 is 11.3 Å². The molecule has 1 heterocycles. The highest BCUT2D eigenvalue weighted by molar-refractivity contribution is 7.13. The Hall–Kier alpha value is -0.980. The van der Waals surface area contributed by atoms with E-state index >= 15 is 0 Å². The molecule has 0 aromatic carbocycles. The Labute approximate surface area is 105 Å². The molecule has 1 rings (SSSR count). The van der Waals surface area contributed by atoms with Crippen molar-refractivity contribution in [2.75, 3.05) is 19.8 Å². The molecule has 0 saturated heterocycles. The van der Waals surface area contributed by atoms with Crippen LogP contribution in [0.3, 0.4) is 0 Å². The Morgan fingerprint density at radius 2 is 2.18 bits per heavy atom. The first kappa shape index (κ1) is 14.1. The molecule has 0 fully saturated rings. The molecule has 5 nitrogen and oxygen atoms in total. The second kappa shape index (κ2) is 7.37. The number of aryl methyl sites for hydroxylation is 1. The number of hydrogen-bond acceptors (Lipinski definition) is 6. The molecule has 96 valence electrons. The minimum absolute atomic E-state index is 0.272. The lowest BCUT2D eigenvalue weighted by molar-refractivity contribution is 0.0322. The average molecular weight is 258 g/mol. The van der Waals surface area contributed by atoms with Gasteiger partial charge >= 0.3 is 5.97 Å². The van der Waals surface area contributed by atoms with Crippen molar-refractivity contribution in [1.82, 2.24) is 4.98 Å². The quantitative estimate of drug-likeness (QED) is 0.592. The van der Waals surface area contributed by atoms with Gasteiger partial charge in [-0.2, -0.15) is 0 Å². The molecule has 17 heavy (non-hydrogen) atoms. The summed E-state index contributed by atoms with van der Waals surface area (Å²) in [5.41, 5.74) is 6.14. The lowest BCUT2D eigenvalue weighted by Gasteiger charge is -2.04. The van der Waals surface area contributed by atoms with Gasteiger partial charge in [-0.3, -0.25) is 0 Å². The summed E-state index contributed by atoms with van der Waals surface area (Å²) in [5, 5.41) is 0.747. The molecule has 0 spiro atoms. The van der Waals surface area contributed by atoms with Crippen LogP contribution in [0.1, 0.15) is 33.7 Å². The monoisotopic (exact) mass is 258 g/mol. The normalized spacial score (nSPS) is 10.5. The van der Waals surface area contributed by atoms with E-state index in [0.717, 1.165) is 11.4 Å². The van der Waals surface area contributed by atoms with E-state index in [0.29, 0.717) is 30.3 Å². The second-order valence-electron chi connectivity index (χ2n) is 3.47. The Morgan fingerprint density at radius 3 is 2.76 bits per heavy atom. The molecule has 0 bridgehead atoms. The zero-order chi connectivity index (χ0) is 12.7. The highest BCUT2D eigenvalue weighted by atomic mass is 32.1. The van der Waals surface area contributed by atoms with Crippen molar-refractivity contribution >= 4 is 17.3 Å². The molecule has 0 aliphatic carbocycles. The highest BCUT2D eigenvalue weighted by Gasteiger charge is 2.15. The van der Waals surface area contributed by atoms with Crippen LogP contribution < -0.4 is 5.73 Å². The van der Waals surface area contributed by atoms with Crippen molar-refractivity contribution in [2.24, 2.45) is 5.73 Å². The largest absolute Gasteiger partial charge is 0.459 e. The molecule has 0 atom stereocenters. The first-order valence-electron chi connectivity index (χ1n) is 5.60. The third-order valence-electron chi connectivity index (χ3n) is 2.01. The molecular formula is C11H18N2O3S. The van der Waals surface area contributed by atoms with E-state index in [1.807, 2.05) is 6.92 Å². The predicted octanol–water partition coefficient (Wildman–Crippen LogP) is 1.49. The molecule has 0 radical (unpaired) electrons. The fourth-order valence-corrected chi connectivity index (χ4v) is 2.07. The molecule has 1 aromatic heterocycles. The minimum atomic E-state index is -0.347. The summed E-state index contributed by atoms with van der Waals surface area (Å²) in [4.78, 5) is 16.4. The Kier molecular flexibility index (Phi) is 6.10. The zero-order valence-corrected chi connectivity index (χ0v) is 11.0. The average Bonchev–Trinajstić information content (AvgIpc) is 2.70. The van der Waals surface area contributed by atoms with Crippen LogP contribution in [-0.4, -0.2) is 30.8 Å². The summed E-state index contributed by atoms with van der Waals surface area (Å²) in [6.45, 7) is 5.54. The van der Waals surface area contributed by atoms with Crippen LogP contribution in [-0.2, 0) is 16.0 Å². The number of nitrogens with zero attached hydrogens (tertiary/aromatic N) is 1. The summed E-state index contributed by atoms with van der Waals surface area (Å²) in [5.74, 6) is -0.347. The number of thiazole rings is 1. The highest BCUT2D eigenvalue weighted by Crippen LogP contribution is 2.18. The number of rotatable bonds is 7. The summed E-state index contributed by atoms with van der Waals surface area (Å²) in [7, 11) is 0. The van der Waals surface area contributed by atoms with Crippen LogP contribution in [0.5, 0.6) is 0 Å². The van der Waals surface area contributed by atoms with Gasteiger partial charge in [0.25, 0.3) is 0 Å². The third kappa shape index (κ3) is 4.41. The third-order valence-corrected chi connectivity index (χ3v) is 3.17. The number of carbonyl (C=O) groups is 1. The number of carbonyl (C=O) groups excluding carboxylic acids is 1. The van der Waals surface area contributed by atoms with Crippen molar-refractivity contribution in [3.05, 3.63) is 15.6 Å². The number of nitrogens with two attached hydrogens (primary N) is 1. The van der Waals surface area contributed by atoms with Crippen LogP contribution in [0.4, 0.5) is 0 Å². The maximum absolute atomic E-state index is 11.7. The standard InChI is InChI=1S/C11H18N2O3S/c1-3-4-15-5-6-16-11(14)10-8(2)13-9(7-12)17-10/h3-7,12H2,1-2H3. The van der Waals surface area contributed by atoms with Gasteiger partial charge in [0.1, 0.15) is 16.5 Å². The van der Waals surface area contributed by atoms with Crippen LogP contribution in [0, 0.1) is 6.92 Å². The Bertz CT molecular complexity index is 366.